The minimum absolute atomic E-state index is 0.0208. The molecule has 0 bridgehead atoms. The van der Waals surface area contributed by atoms with Gasteiger partial charge in [-0.15, -0.1) is 0 Å². The Morgan fingerprint density at radius 3 is 2.33 bits per heavy atom. The Bertz CT molecular complexity index is 952. The fourth-order valence-corrected chi connectivity index (χ4v) is 6.20. The van der Waals surface area contributed by atoms with Crippen molar-refractivity contribution in [2.24, 2.45) is 5.92 Å². The molecule has 5 heteroatoms. The van der Waals surface area contributed by atoms with E-state index in [0.29, 0.717) is 10.4 Å². The van der Waals surface area contributed by atoms with Gasteiger partial charge < -0.3 is 0 Å². The van der Waals surface area contributed by atoms with Crippen LogP contribution >= 0.6 is 0 Å². The molecule has 0 aromatic heterocycles. The molecule has 0 unspecified atom stereocenters. The SMILES string of the molecule is [B]C1=C(c2ccccc2)[C@@H]2CCCC[C@@H]2N(S(=O)(=O)c2ccc(C)cc2)C1. The molecule has 0 spiro atoms. The summed E-state index contributed by atoms with van der Waals surface area (Å²) in [6.45, 7) is 2.23. The molecule has 2 radical (unpaired) electrons. The summed E-state index contributed by atoms with van der Waals surface area (Å²) in [7, 11) is 2.91. The van der Waals surface area contributed by atoms with Gasteiger partial charge in [-0.05, 0) is 43.0 Å². The first-order chi connectivity index (χ1) is 13.0. The molecule has 1 saturated carbocycles. The summed E-state index contributed by atoms with van der Waals surface area (Å²) in [5.41, 5.74) is 4.00. The van der Waals surface area contributed by atoms with Gasteiger partial charge in [-0.1, -0.05) is 66.3 Å². The highest BCUT2D eigenvalue weighted by atomic mass is 32.2. The molecule has 1 aliphatic heterocycles. The van der Waals surface area contributed by atoms with E-state index < -0.39 is 10.0 Å². The zero-order valence-electron chi connectivity index (χ0n) is 15.6. The highest BCUT2D eigenvalue weighted by molar-refractivity contribution is 7.89. The van der Waals surface area contributed by atoms with Gasteiger partial charge >= 0.3 is 0 Å². The molecule has 1 heterocycles. The van der Waals surface area contributed by atoms with Gasteiger partial charge in [0.15, 0.2) is 0 Å². The molecule has 3 nitrogen and oxygen atoms in total. The monoisotopic (exact) mass is 377 g/mol. The van der Waals surface area contributed by atoms with Crippen molar-refractivity contribution in [3.63, 3.8) is 0 Å². The number of rotatable bonds is 3. The quantitative estimate of drug-likeness (QED) is 0.754. The van der Waals surface area contributed by atoms with Crippen molar-refractivity contribution in [2.45, 2.75) is 43.5 Å². The molecule has 0 amide bonds. The molecule has 2 aliphatic rings. The number of nitrogens with zero attached hydrogens (tertiary/aromatic N) is 1. The summed E-state index contributed by atoms with van der Waals surface area (Å²) in [5.74, 6) is 0.162. The molecule has 1 aliphatic carbocycles. The van der Waals surface area contributed by atoms with Gasteiger partial charge in [0.25, 0.3) is 0 Å². The molecule has 27 heavy (non-hydrogen) atoms. The lowest BCUT2D eigenvalue weighted by molar-refractivity contribution is 0.214. The number of aryl methyl sites for hydroxylation is 1. The Balaban J connectivity index is 1.78. The molecule has 1 fully saturated rings. The van der Waals surface area contributed by atoms with E-state index in [0.717, 1.165) is 42.4 Å². The van der Waals surface area contributed by atoms with Gasteiger partial charge in [0.05, 0.1) is 4.90 Å². The van der Waals surface area contributed by atoms with Crippen molar-refractivity contribution in [2.75, 3.05) is 6.54 Å². The van der Waals surface area contributed by atoms with Gasteiger partial charge in [-0.2, -0.15) is 4.31 Å². The molecule has 2 aromatic rings. The van der Waals surface area contributed by atoms with Gasteiger partial charge in [0, 0.05) is 18.5 Å². The molecule has 2 aromatic carbocycles. The zero-order chi connectivity index (χ0) is 19.0. The predicted octanol–water partition coefficient (Wildman–Crippen LogP) is 4.14. The summed E-state index contributed by atoms with van der Waals surface area (Å²) in [6.07, 6.45) is 4.04. The third kappa shape index (κ3) is 3.39. The first kappa shape index (κ1) is 18.5. The Kier molecular flexibility index (Phi) is 5.00. The van der Waals surface area contributed by atoms with E-state index in [4.69, 9.17) is 7.85 Å². The molecule has 0 N–H and O–H groups in total. The molecule has 138 valence electrons. The van der Waals surface area contributed by atoms with E-state index in [1.165, 1.54) is 0 Å². The number of hydrogen-bond donors (Lipinski definition) is 0. The maximum absolute atomic E-state index is 13.4. The van der Waals surface area contributed by atoms with Crippen LogP contribution in [-0.4, -0.2) is 33.2 Å². The second kappa shape index (κ2) is 7.29. The lowest BCUT2D eigenvalue weighted by Crippen LogP contribution is -2.50. The van der Waals surface area contributed by atoms with Gasteiger partial charge in [-0.3, -0.25) is 0 Å². The zero-order valence-corrected chi connectivity index (χ0v) is 16.5. The minimum atomic E-state index is -3.57. The molecular formula is C22H24BNO2S. The third-order valence-corrected chi connectivity index (χ3v) is 7.74. The molecule has 0 saturated heterocycles. The number of sulfonamides is 1. The van der Waals surface area contributed by atoms with Crippen molar-refractivity contribution in [1.82, 2.24) is 4.31 Å². The van der Waals surface area contributed by atoms with Gasteiger partial charge in [-0.25, -0.2) is 8.42 Å². The fraction of sp³-hybridized carbons (Fsp3) is 0.364. The maximum Gasteiger partial charge on any atom is 0.243 e. The second-order valence-corrected chi connectivity index (χ2v) is 9.52. The van der Waals surface area contributed by atoms with Crippen molar-refractivity contribution in [3.8, 4) is 0 Å². The van der Waals surface area contributed by atoms with E-state index in [9.17, 15) is 8.42 Å². The van der Waals surface area contributed by atoms with Crippen LogP contribution in [0.15, 0.2) is 65.0 Å². The van der Waals surface area contributed by atoms with E-state index in [2.05, 4.69) is 12.1 Å². The van der Waals surface area contributed by atoms with E-state index in [1.807, 2.05) is 37.3 Å². The molecular weight excluding hydrogens is 353 g/mol. The van der Waals surface area contributed by atoms with Crippen LogP contribution < -0.4 is 0 Å². The summed E-state index contributed by atoms with van der Waals surface area (Å²) in [6, 6.07) is 17.3. The third-order valence-electron chi connectivity index (χ3n) is 5.85. The maximum atomic E-state index is 13.4. The number of hydrogen-bond acceptors (Lipinski definition) is 2. The first-order valence-electron chi connectivity index (χ1n) is 9.61. The largest absolute Gasteiger partial charge is 0.243 e. The minimum Gasteiger partial charge on any atom is -0.207 e. The van der Waals surface area contributed by atoms with Gasteiger partial charge in [0.1, 0.15) is 7.85 Å². The molecule has 4 rings (SSSR count). The van der Waals surface area contributed by atoms with E-state index in [1.54, 1.807) is 16.4 Å². The van der Waals surface area contributed by atoms with Crippen molar-refractivity contribution < 1.29 is 8.42 Å². The van der Waals surface area contributed by atoms with Crippen LogP contribution in [0.2, 0.25) is 0 Å². The Hall–Kier alpha value is -1.85. The summed E-state index contributed by atoms with van der Waals surface area (Å²) >= 11 is 0. The topological polar surface area (TPSA) is 37.4 Å². The Morgan fingerprint density at radius 2 is 1.63 bits per heavy atom. The first-order valence-corrected chi connectivity index (χ1v) is 11.0. The predicted molar refractivity (Wildman–Crippen MR) is 110 cm³/mol. The van der Waals surface area contributed by atoms with Gasteiger partial charge in [0.2, 0.25) is 10.0 Å². The standard InChI is InChI=1S/C22H24BNO2S/c1-16-11-13-18(14-12-16)27(25,26)24-15-20(23)22(17-7-3-2-4-8-17)19-9-5-6-10-21(19)24/h2-4,7-8,11-14,19,21H,5-6,9-10,15H2,1H3/t19-,21+/m1/s1. The lowest BCUT2D eigenvalue weighted by Gasteiger charge is -2.45. The normalized spacial score (nSPS) is 23.9. The Labute approximate surface area is 163 Å². The second-order valence-electron chi connectivity index (χ2n) is 7.63. The Morgan fingerprint density at radius 1 is 0.963 bits per heavy atom. The number of benzene rings is 2. The number of fused-ring (bicyclic) bond motifs is 1. The smallest absolute Gasteiger partial charge is 0.207 e. The summed E-state index contributed by atoms with van der Waals surface area (Å²) in [4.78, 5) is 0.355. The van der Waals surface area contributed by atoms with Crippen LogP contribution in [0.5, 0.6) is 0 Å². The van der Waals surface area contributed by atoms with Crippen LogP contribution in [0.25, 0.3) is 5.57 Å². The van der Waals surface area contributed by atoms with E-state index >= 15 is 0 Å². The fourth-order valence-electron chi connectivity index (χ4n) is 4.53. The van der Waals surface area contributed by atoms with Crippen LogP contribution in [0.3, 0.4) is 0 Å². The lowest BCUT2D eigenvalue weighted by atomic mass is 9.70. The summed E-state index contributed by atoms with van der Waals surface area (Å²) < 4.78 is 28.4. The van der Waals surface area contributed by atoms with Crippen LogP contribution in [0.4, 0.5) is 0 Å². The molecule has 2 atom stereocenters. The van der Waals surface area contributed by atoms with Crippen LogP contribution in [0, 0.1) is 12.8 Å². The van der Waals surface area contributed by atoms with Crippen molar-refractivity contribution >= 4 is 23.4 Å². The summed E-state index contributed by atoms with van der Waals surface area (Å²) in [5, 5.41) is 0. The van der Waals surface area contributed by atoms with Crippen molar-refractivity contribution in [1.29, 1.82) is 0 Å². The van der Waals surface area contributed by atoms with Crippen LogP contribution in [-0.2, 0) is 10.0 Å². The highest BCUT2D eigenvalue weighted by Gasteiger charge is 2.42. The van der Waals surface area contributed by atoms with E-state index in [-0.39, 0.29) is 18.5 Å². The van der Waals surface area contributed by atoms with Crippen LogP contribution in [0.1, 0.15) is 36.8 Å². The highest BCUT2D eigenvalue weighted by Crippen LogP contribution is 2.44. The van der Waals surface area contributed by atoms with Crippen molar-refractivity contribution in [3.05, 3.63) is 71.2 Å². The average molecular weight is 377 g/mol. The average Bonchev–Trinajstić information content (AvgIpc) is 2.68.